The van der Waals surface area contributed by atoms with Gasteiger partial charge in [0.25, 0.3) is 11.6 Å². The molecule has 2 aromatic carbocycles. The molecule has 0 spiro atoms. The molecular weight excluding hydrogens is 376 g/mol. The second-order valence-electron chi connectivity index (χ2n) is 5.23. The van der Waals surface area contributed by atoms with Crippen molar-refractivity contribution in [3.8, 4) is 11.5 Å². The molecule has 0 aromatic heterocycles. The number of rotatable bonds is 7. The number of anilines is 1. The van der Waals surface area contributed by atoms with E-state index in [1.54, 1.807) is 0 Å². The lowest BCUT2D eigenvalue weighted by Gasteiger charge is -2.13. The van der Waals surface area contributed by atoms with Crippen LogP contribution in [0.2, 0.25) is 5.02 Å². The molecule has 0 aliphatic carbocycles. The fourth-order valence-electron chi connectivity index (χ4n) is 2.11. The van der Waals surface area contributed by atoms with Crippen LogP contribution in [0.4, 0.5) is 11.4 Å². The van der Waals surface area contributed by atoms with E-state index in [4.69, 9.17) is 21.1 Å². The SMILES string of the molecule is C=CCOc1cc([N+](=O)[O-])ccc1NC(=O)c1cc(Cl)ccc1OC(C)=O. The van der Waals surface area contributed by atoms with Gasteiger partial charge in [0.1, 0.15) is 18.1 Å². The highest BCUT2D eigenvalue weighted by Crippen LogP contribution is 2.31. The summed E-state index contributed by atoms with van der Waals surface area (Å²) >= 11 is 5.92. The average Bonchev–Trinajstić information content (AvgIpc) is 2.61. The van der Waals surface area contributed by atoms with Crippen molar-refractivity contribution in [3.63, 3.8) is 0 Å². The number of nitrogens with zero attached hydrogens (tertiary/aromatic N) is 1. The molecule has 2 aromatic rings. The molecule has 0 aliphatic rings. The highest BCUT2D eigenvalue weighted by atomic mass is 35.5. The Balaban J connectivity index is 2.37. The maximum Gasteiger partial charge on any atom is 0.308 e. The van der Waals surface area contributed by atoms with Crippen LogP contribution in [0.1, 0.15) is 17.3 Å². The highest BCUT2D eigenvalue weighted by molar-refractivity contribution is 6.31. The largest absolute Gasteiger partial charge is 0.487 e. The molecule has 0 saturated heterocycles. The number of halogens is 1. The zero-order valence-corrected chi connectivity index (χ0v) is 15.0. The van der Waals surface area contributed by atoms with Gasteiger partial charge in [-0.25, -0.2) is 0 Å². The smallest absolute Gasteiger partial charge is 0.308 e. The van der Waals surface area contributed by atoms with Crippen LogP contribution in [0.25, 0.3) is 0 Å². The number of hydrogen-bond acceptors (Lipinski definition) is 6. The van der Waals surface area contributed by atoms with E-state index in [1.807, 2.05) is 0 Å². The monoisotopic (exact) mass is 390 g/mol. The van der Waals surface area contributed by atoms with E-state index < -0.39 is 16.8 Å². The molecule has 0 unspecified atom stereocenters. The summed E-state index contributed by atoms with van der Waals surface area (Å²) in [5.74, 6) is -1.11. The van der Waals surface area contributed by atoms with Crippen LogP contribution in [0.15, 0.2) is 49.1 Å². The summed E-state index contributed by atoms with van der Waals surface area (Å²) in [5, 5.41) is 13.8. The average molecular weight is 391 g/mol. The van der Waals surface area contributed by atoms with Crippen molar-refractivity contribution < 1.29 is 24.0 Å². The summed E-state index contributed by atoms with van der Waals surface area (Å²) in [4.78, 5) is 34.2. The Kier molecular flexibility index (Phi) is 6.51. The Morgan fingerprint density at radius 1 is 1.26 bits per heavy atom. The van der Waals surface area contributed by atoms with Crippen LogP contribution >= 0.6 is 11.6 Å². The van der Waals surface area contributed by atoms with Crippen LogP contribution in [-0.4, -0.2) is 23.4 Å². The predicted molar refractivity (Wildman–Crippen MR) is 99.5 cm³/mol. The number of benzene rings is 2. The van der Waals surface area contributed by atoms with Crippen molar-refractivity contribution in [1.82, 2.24) is 0 Å². The number of hydrogen-bond donors (Lipinski definition) is 1. The van der Waals surface area contributed by atoms with Gasteiger partial charge in [-0.2, -0.15) is 0 Å². The molecule has 9 heteroatoms. The first kappa shape index (κ1) is 19.9. The van der Waals surface area contributed by atoms with Gasteiger partial charge in [0.2, 0.25) is 0 Å². The Hall–Kier alpha value is -3.39. The van der Waals surface area contributed by atoms with Gasteiger partial charge in [-0.1, -0.05) is 24.3 Å². The lowest BCUT2D eigenvalue weighted by molar-refractivity contribution is -0.384. The Morgan fingerprint density at radius 3 is 2.63 bits per heavy atom. The molecule has 0 radical (unpaired) electrons. The first-order valence-electron chi connectivity index (χ1n) is 7.63. The molecule has 0 saturated carbocycles. The third kappa shape index (κ3) is 5.29. The Morgan fingerprint density at radius 2 is 2.00 bits per heavy atom. The molecule has 1 N–H and O–H groups in total. The van der Waals surface area contributed by atoms with Crippen molar-refractivity contribution >= 4 is 34.9 Å². The molecular formula is C18H15ClN2O6. The zero-order chi connectivity index (χ0) is 20.0. The lowest BCUT2D eigenvalue weighted by atomic mass is 10.1. The summed E-state index contributed by atoms with van der Waals surface area (Å²) in [5.41, 5.74) is 0.0161. The van der Waals surface area contributed by atoms with Gasteiger partial charge < -0.3 is 14.8 Å². The Bertz CT molecular complexity index is 913. The highest BCUT2D eigenvalue weighted by Gasteiger charge is 2.18. The lowest BCUT2D eigenvalue weighted by Crippen LogP contribution is -2.16. The van der Waals surface area contributed by atoms with Crippen LogP contribution < -0.4 is 14.8 Å². The summed E-state index contributed by atoms with van der Waals surface area (Å²) in [6.07, 6.45) is 1.46. The molecule has 0 fully saturated rings. The van der Waals surface area contributed by atoms with Crippen molar-refractivity contribution in [2.45, 2.75) is 6.92 Å². The quantitative estimate of drug-likeness (QED) is 0.252. The van der Waals surface area contributed by atoms with Gasteiger partial charge in [0.15, 0.2) is 0 Å². The van der Waals surface area contributed by atoms with Crippen molar-refractivity contribution in [2.24, 2.45) is 0 Å². The van der Waals surface area contributed by atoms with E-state index in [0.29, 0.717) is 0 Å². The number of nitro groups is 1. The molecule has 2 rings (SSSR count). The van der Waals surface area contributed by atoms with Crippen LogP contribution in [0.3, 0.4) is 0 Å². The predicted octanol–water partition coefficient (Wildman–Crippen LogP) is 3.99. The number of esters is 1. The number of nitrogens with one attached hydrogen (secondary N) is 1. The molecule has 140 valence electrons. The van der Waals surface area contributed by atoms with Crippen LogP contribution in [-0.2, 0) is 4.79 Å². The van der Waals surface area contributed by atoms with Crippen LogP contribution in [0, 0.1) is 10.1 Å². The number of carbonyl (C=O) groups is 2. The van der Waals surface area contributed by atoms with Crippen molar-refractivity contribution in [1.29, 1.82) is 0 Å². The molecule has 0 atom stereocenters. The molecule has 8 nitrogen and oxygen atoms in total. The minimum Gasteiger partial charge on any atom is -0.487 e. The second-order valence-corrected chi connectivity index (χ2v) is 5.66. The first-order valence-corrected chi connectivity index (χ1v) is 8.01. The molecule has 0 heterocycles. The summed E-state index contributed by atoms with van der Waals surface area (Å²) in [6.45, 7) is 4.80. The number of nitro benzene ring substituents is 1. The standard InChI is InChI=1S/C18H15ClN2O6/c1-3-8-26-17-10-13(21(24)25)5-6-15(17)20-18(23)14-9-12(19)4-7-16(14)27-11(2)22/h3-7,9-10H,1,8H2,2H3,(H,20,23). The number of amides is 1. The van der Waals surface area contributed by atoms with Crippen LogP contribution in [0.5, 0.6) is 11.5 Å². The third-order valence-corrected chi connectivity index (χ3v) is 3.46. The number of carbonyl (C=O) groups excluding carboxylic acids is 2. The first-order chi connectivity index (χ1) is 12.8. The van der Waals surface area contributed by atoms with E-state index in [9.17, 15) is 19.7 Å². The van der Waals surface area contributed by atoms with Gasteiger partial charge in [0.05, 0.1) is 22.2 Å². The van der Waals surface area contributed by atoms with E-state index >= 15 is 0 Å². The maximum absolute atomic E-state index is 12.6. The summed E-state index contributed by atoms with van der Waals surface area (Å²) < 4.78 is 10.4. The minimum absolute atomic E-state index is 0.0192. The van der Waals surface area contributed by atoms with Gasteiger partial charge in [-0.05, 0) is 24.3 Å². The van der Waals surface area contributed by atoms with E-state index in [0.717, 1.165) is 0 Å². The topological polar surface area (TPSA) is 108 Å². The minimum atomic E-state index is -0.633. The maximum atomic E-state index is 12.6. The fraction of sp³-hybridized carbons (Fsp3) is 0.111. The van der Waals surface area contributed by atoms with Gasteiger partial charge in [-0.3, -0.25) is 19.7 Å². The van der Waals surface area contributed by atoms with E-state index in [1.165, 1.54) is 49.4 Å². The van der Waals surface area contributed by atoms with E-state index in [-0.39, 0.29) is 40.1 Å². The van der Waals surface area contributed by atoms with Crippen molar-refractivity contribution in [2.75, 3.05) is 11.9 Å². The molecule has 1 amide bonds. The third-order valence-electron chi connectivity index (χ3n) is 3.22. The second kappa shape index (κ2) is 8.81. The zero-order valence-electron chi connectivity index (χ0n) is 14.2. The van der Waals surface area contributed by atoms with Gasteiger partial charge >= 0.3 is 5.97 Å². The number of non-ortho nitro benzene ring substituents is 1. The molecule has 0 aliphatic heterocycles. The number of ether oxygens (including phenoxy) is 2. The van der Waals surface area contributed by atoms with Gasteiger partial charge in [0, 0.05) is 18.0 Å². The summed E-state index contributed by atoms with van der Waals surface area (Å²) in [6, 6.07) is 7.95. The molecule has 0 bridgehead atoms. The summed E-state index contributed by atoms with van der Waals surface area (Å²) in [7, 11) is 0. The van der Waals surface area contributed by atoms with Crippen molar-refractivity contribution in [3.05, 3.63) is 69.8 Å². The van der Waals surface area contributed by atoms with E-state index in [2.05, 4.69) is 11.9 Å². The van der Waals surface area contributed by atoms with Gasteiger partial charge in [-0.15, -0.1) is 0 Å². The fourth-order valence-corrected chi connectivity index (χ4v) is 2.28. The normalized spacial score (nSPS) is 10.0. The molecule has 27 heavy (non-hydrogen) atoms. The Labute approximate surface area is 159 Å².